The van der Waals surface area contributed by atoms with Crippen LogP contribution in [0.5, 0.6) is 0 Å². The summed E-state index contributed by atoms with van der Waals surface area (Å²) >= 11 is 2.19. The number of carbonyl (C=O) groups excluding carboxylic acids is 2. The van der Waals surface area contributed by atoms with E-state index >= 15 is 0 Å². The molecule has 3 aliphatic carbocycles. The number of hydrogen-bond acceptors (Lipinski definition) is 6. The molecule has 0 bridgehead atoms. The standard InChI is InChI=1S/C23H26INO6/c24-17-7-1-13(2-8-17)22(28)29-18-11-14(21(27)25-9-10-26)12-19-20(18)31-23(30-19,15-3-4-15)16-5-6-16/h1-2,7-8,12,15-16,18-20,26H,3-6,9-11H2,(H,25,27)/t18-,19-,20+/m1/s1. The average molecular weight is 539 g/mol. The number of ether oxygens (including phenoxy) is 3. The molecule has 7 nitrogen and oxygen atoms in total. The molecule has 5 rings (SSSR count). The zero-order valence-electron chi connectivity index (χ0n) is 17.1. The molecule has 31 heavy (non-hydrogen) atoms. The fraction of sp³-hybridized carbons (Fsp3) is 0.565. The lowest BCUT2D eigenvalue weighted by molar-refractivity contribution is -0.209. The van der Waals surface area contributed by atoms with Crippen LogP contribution >= 0.6 is 22.6 Å². The molecule has 166 valence electrons. The zero-order chi connectivity index (χ0) is 21.6. The van der Waals surface area contributed by atoms with Crippen LogP contribution in [0, 0.1) is 15.4 Å². The van der Waals surface area contributed by atoms with E-state index in [1.54, 1.807) is 12.1 Å². The van der Waals surface area contributed by atoms with Crippen molar-refractivity contribution in [2.45, 2.75) is 56.2 Å². The fourth-order valence-electron chi connectivity index (χ4n) is 4.64. The Balaban J connectivity index is 1.39. The van der Waals surface area contributed by atoms with E-state index in [2.05, 4.69) is 27.9 Å². The van der Waals surface area contributed by atoms with Gasteiger partial charge in [0.2, 0.25) is 5.91 Å². The lowest BCUT2D eigenvalue weighted by atomic mass is 9.91. The van der Waals surface area contributed by atoms with Crippen LogP contribution in [0.2, 0.25) is 0 Å². The monoisotopic (exact) mass is 539 g/mol. The first-order valence-electron chi connectivity index (χ1n) is 10.9. The summed E-state index contributed by atoms with van der Waals surface area (Å²) in [5, 5.41) is 11.7. The highest BCUT2D eigenvalue weighted by Gasteiger charge is 2.64. The molecule has 0 radical (unpaired) electrons. The molecule has 0 aromatic heterocycles. The number of hydrogen-bond donors (Lipinski definition) is 2. The van der Waals surface area contributed by atoms with E-state index in [-0.39, 0.29) is 25.5 Å². The minimum Gasteiger partial charge on any atom is -0.456 e. The molecule has 0 unspecified atom stereocenters. The number of carbonyl (C=O) groups is 2. The van der Waals surface area contributed by atoms with Crippen molar-refractivity contribution in [2.75, 3.05) is 13.2 Å². The van der Waals surface area contributed by atoms with E-state index in [9.17, 15) is 9.59 Å². The molecule has 1 aliphatic heterocycles. The molecule has 1 amide bonds. The summed E-state index contributed by atoms with van der Waals surface area (Å²) in [5.74, 6) is -0.578. The Morgan fingerprint density at radius 1 is 1.13 bits per heavy atom. The number of halogens is 1. The van der Waals surface area contributed by atoms with E-state index in [1.165, 1.54) is 0 Å². The Morgan fingerprint density at radius 2 is 1.81 bits per heavy atom. The Kier molecular flexibility index (Phi) is 5.83. The van der Waals surface area contributed by atoms with Crippen molar-refractivity contribution in [1.29, 1.82) is 0 Å². The molecular weight excluding hydrogens is 513 g/mol. The van der Waals surface area contributed by atoms with Gasteiger partial charge in [0.25, 0.3) is 0 Å². The second kappa shape index (κ2) is 8.46. The Labute approximate surface area is 194 Å². The van der Waals surface area contributed by atoms with E-state index in [0.717, 1.165) is 29.3 Å². The highest BCUT2D eigenvalue weighted by Crippen LogP contribution is 2.59. The number of benzene rings is 1. The minimum atomic E-state index is -0.615. The molecule has 1 saturated heterocycles. The quantitative estimate of drug-likeness (QED) is 0.409. The number of aliphatic hydroxyl groups excluding tert-OH is 1. The van der Waals surface area contributed by atoms with Gasteiger partial charge in [-0.1, -0.05) is 0 Å². The normalized spacial score (nSPS) is 29.1. The molecule has 1 aromatic rings. The lowest BCUT2D eigenvalue weighted by Gasteiger charge is -2.31. The third-order valence-electron chi connectivity index (χ3n) is 6.44. The van der Waals surface area contributed by atoms with Crippen LogP contribution < -0.4 is 5.32 Å². The maximum Gasteiger partial charge on any atom is 0.338 e. The number of aliphatic hydroxyl groups is 1. The molecule has 3 fully saturated rings. The van der Waals surface area contributed by atoms with Crippen molar-refractivity contribution in [2.24, 2.45) is 11.8 Å². The van der Waals surface area contributed by atoms with E-state index in [1.807, 2.05) is 18.2 Å². The van der Waals surface area contributed by atoms with Crippen LogP contribution in [0.15, 0.2) is 35.9 Å². The molecule has 4 aliphatic rings. The molecule has 2 saturated carbocycles. The topological polar surface area (TPSA) is 94.1 Å². The maximum atomic E-state index is 12.8. The largest absolute Gasteiger partial charge is 0.456 e. The second-order valence-electron chi connectivity index (χ2n) is 8.76. The van der Waals surface area contributed by atoms with E-state index in [4.69, 9.17) is 19.3 Å². The van der Waals surface area contributed by atoms with Crippen molar-refractivity contribution < 1.29 is 28.9 Å². The fourth-order valence-corrected chi connectivity index (χ4v) is 5.00. The van der Waals surface area contributed by atoms with Gasteiger partial charge in [-0.25, -0.2) is 4.79 Å². The Hall–Kier alpha value is -1.49. The van der Waals surface area contributed by atoms with Crippen LogP contribution in [0.4, 0.5) is 0 Å². The predicted octanol–water partition coefficient (Wildman–Crippen LogP) is 2.56. The van der Waals surface area contributed by atoms with Gasteiger partial charge in [0.1, 0.15) is 18.3 Å². The predicted molar refractivity (Wildman–Crippen MR) is 119 cm³/mol. The smallest absolute Gasteiger partial charge is 0.338 e. The van der Waals surface area contributed by atoms with Crippen LogP contribution in [-0.4, -0.2) is 54.2 Å². The lowest BCUT2D eigenvalue weighted by Crippen LogP contribution is -2.44. The van der Waals surface area contributed by atoms with Crippen molar-refractivity contribution >= 4 is 34.5 Å². The summed E-state index contributed by atoms with van der Waals surface area (Å²) in [5.41, 5.74) is 0.966. The highest BCUT2D eigenvalue weighted by atomic mass is 127. The first kappa shape index (κ1) is 21.4. The summed E-state index contributed by atoms with van der Waals surface area (Å²) in [6.07, 6.45) is 4.92. The van der Waals surface area contributed by atoms with Crippen LogP contribution in [-0.2, 0) is 19.0 Å². The van der Waals surface area contributed by atoms with Gasteiger partial charge in [0.05, 0.1) is 12.2 Å². The summed E-state index contributed by atoms with van der Waals surface area (Å²) in [4.78, 5) is 25.5. The zero-order valence-corrected chi connectivity index (χ0v) is 19.2. The third-order valence-corrected chi connectivity index (χ3v) is 7.16. The van der Waals surface area contributed by atoms with Gasteiger partial charge in [0, 0.05) is 33.9 Å². The molecular formula is C23H26INO6. The van der Waals surface area contributed by atoms with Crippen molar-refractivity contribution in [3.63, 3.8) is 0 Å². The average Bonchev–Trinajstić information content (AvgIpc) is 3.69. The van der Waals surface area contributed by atoms with Crippen LogP contribution in [0.3, 0.4) is 0 Å². The van der Waals surface area contributed by atoms with Gasteiger partial charge >= 0.3 is 5.97 Å². The molecule has 3 atom stereocenters. The molecule has 1 aromatic carbocycles. The second-order valence-corrected chi connectivity index (χ2v) is 10.0. The summed E-state index contributed by atoms with van der Waals surface area (Å²) in [7, 11) is 0. The van der Waals surface area contributed by atoms with E-state index in [0.29, 0.717) is 23.0 Å². The van der Waals surface area contributed by atoms with Crippen molar-refractivity contribution in [3.8, 4) is 0 Å². The maximum absolute atomic E-state index is 12.8. The molecule has 2 N–H and O–H groups in total. The summed E-state index contributed by atoms with van der Waals surface area (Å²) in [6.45, 7) is 0.0329. The van der Waals surface area contributed by atoms with Crippen molar-refractivity contribution in [1.82, 2.24) is 5.32 Å². The molecule has 1 heterocycles. The first-order valence-corrected chi connectivity index (χ1v) is 12.0. The number of esters is 1. The number of fused-ring (bicyclic) bond motifs is 1. The minimum absolute atomic E-state index is 0.137. The molecule has 0 spiro atoms. The van der Waals surface area contributed by atoms with Gasteiger partial charge in [-0.2, -0.15) is 0 Å². The Morgan fingerprint density at radius 3 is 2.42 bits per heavy atom. The number of rotatable bonds is 7. The Bertz CT molecular complexity index is 880. The van der Waals surface area contributed by atoms with Gasteiger partial charge in [-0.05, 0) is 78.6 Å². The van der Waals surface area contributed by atoms with Gasteiger partial charge < -0.3 is 24.6 Å². The van der Waals surface area contributed by atoms with Gasteiger partial charge in [-0.15, -0.1) is 0 Å². The van der Waals surface area contributed by atoms with Gasteiger partial charge in [0.15, 0.2) is 5.79 Å². The van der Waals surface area contributed by atoms with E-state index < -0.39 is 30.1 Å². The SMILES string of the molecule is O=C(NCCO)C1=C[C@H]2OC(C3CC3)(C3CC3)O[C@H]2[C@H](OC(=O)c2ccc(I)cc2)C1. The van der Waals surface area contributed by atoms with Crippen molar-refractivity contribution in [3.05, 3.63) is 45.0 Å². The van der Waals surface area contributed by atoms with Gasteiger partial charge in [-0.3, -0.25) is 4.79 Å². The summed E-state index contributed by atoms with van der Waals surface area (Å²) in [6, 6.07) is 7.18. The first-order chi connectivity index (χ1) is 15.0. The summed E-state index contributed by atoms with van der Waals surface area (Å²) < 4.78 is 20.0. The molecule has 8 heteroatoms. The number of amides is 1. The number of nitrogens with one attached hydrogen (secondary N) is 1. The highest BCUT2D eigenvalue weighted by molar-refractivity contribution is 14.1. The van der Waals surface area contributed by atoms with Crippen LogP contribution in [0.25, 0.3) is 0 Å². The van der Waals surface area contributed by atoms with Crippen LogP contribution in [0.1, 0.15) is 42.5 Å². The third kappa shape index (κ3) is 4.27.